The van der Waals surface area contributed by atoms with E-state index in [1.165, 1.54) is 0 Å². The molecule has 70 valence electrons. The number of amides is 2. The lowest BCUT2D eigenvalue weighted by molar-refractivity contribution is -0.125. The molecular weight excluding hydrogens is 168 g/mol. The monoisotopic (exact) mass is 180 g/mol. The Kier molecular flexibility index (Phi) is 3.32. The highest BCUT2D eigenvalue weighted by atomic mass is 16.2. The normalized spacial score (nSPS) is 20.5. The molecule has 1 rings (SSSR count). The molecule has 0 aromatic carbocycles. The summed E-state index contributed by atoms with van der Waals surface area (Å²) < 4.78 is 0. The molecule has 1 unspecified atom stereocenters. The van der Waals surface area contributed by atoms with Crippen molar-refractivity contribution in [2.24, 2.45) is 0 Å². The molecule has 2 N–H and O–H groups in total. The van der Waals surface area contributed by atoms with Gasteiger partial charge >= 0.3 is 0 Å². The van der Waals surface area contributed by atoms with Gasteiger partial charge in [-0.15, -0.1) is 12.3 Å². The van der Waals surface area contributed by atoms with Crippen LogP contribution in [0.4, 0.5) is 0 Å². The minimum absolute atomic E-state index is 0.0582. The van der Waals surface area contributed by atoms with E-state index in [0.717, 1.165) is 0 Å². The number of carbonyl (C=O) groups excluding carboxylic acids is 2. The first-order chi connectivity index (χ1) is 6.24. The Labute approximate surface area is 77.1 Å². The molecule has 13 heavy (non-hydrogen) atoms. The molecule has 1 fully saturated rings. The van der Waals surface area contributed by atoms with Gasteiger partial charge in [0.25, 0.3) is 0 Å². The third-order valence-corrected chi connectivity index (χ3v) is 1.88. The van der Waals surface area contributed by atoms with E-state index >= 15 is 0 Å². The standard InChI is InChI=1S/C9H12N2O2/c1-2-3-6-10-9(13)7-4-5-8(12)11-7/h1,7H,3-6H2,(H,10,13)(H,11,12). The number of terminal acetylenes is 1. The fraction of sp³-hybridized carbons (Fsp3) is 0.556. The van der Waals surface area contributed by atoms with Crippen LogP contribution in [0.3, 0.4) is 0 Å². The summed E-state index contributed by atoms with van der Waals surface area (Å²) in [4.78, 5) is 22.0. The molecule has 1 heterocycles. The van der Waals surface area contributed by atoms with Gasteiger partial charge in [-0.05, 0) is 6.42 Å². The van der Waals surface area contributed by atoms with Crippen molar-refractivity contribution in [2.45, 2.75) is 25.3 Å². The molecule has 1 saturated heterocycles. The molecule has 0 bridgehead atoms. The third kappa shape index (κ3) is 2.79. The molecule has 0 aromatic heterocycles. The van der Waals surface area contributed by atoms with Crippen LogP contribution in [0.2, 0.25) is 0 Å². The van der Waals surface area contributed by atoms with Crippen LogP contribution in [0, 0.1) is 12.3 Å². The second-order valence-electron chi connectivity index (χ2n) is 2.90. The summed E-state index contributed by atoms with van der Waals surface area (Å²) in [6, 6.07) is -0.356. The van der Waals surface area contributed by atoms with Crippen molar-refractivity contribution >= 4 is 11.8 Å². The maximum absolute atomic E-state index is 11.3. The molecule has 0 aromatic rings. The van der Waals surface area contributed by atoms with E-state index in [2.05, 4.69) is 16.6 Å². The summed E-state index contributed by atoms with van der Waals surface area (Å²) >= 11 is 0. The highest BCUT2D eigenvalue weighted by Gasteiger charge is 2.26. The van der Waals surface area contributed by atoms with Gasteiger partial charge in [0.2, 0.25) is 11.8 Å². The Hall–Kier alpha value is -1.50. The zero-order valence-corrected chi connectivity index (χ0v) is 7.30. The smallest absolute Gasteiger partial charge is 0.242 e. The molecule has 1 aliphatic heterocycles. The van der Waals surface area contributed by atoms with Crippen LogP contribution in [0.5, 0.6) is 0 Å². The van der Waals surface area contributed by atoms with Crippen molar-refractivity contribution in [1.29, 1.82) is 0 Å². The van der Waals surface area contributed by atoms with Gasteiger partial charge in [-0.25, -0.2) is 0 Å². The SMILES string of the molecule is C#CCCNC(=O)C1CCC(=O)N1. The lowest BCUT2D eigenvalue weighted by Gasteiger charge is -2.09. The number of nitrogens with one attached hydrogen (secondary N) is 2. The molecular formula is C9H12N2O2. The van der Waals surface area contributed by atoms with Crippen LogP contribution < -0.4 is 10.6 Å². The second-order valence-corrected chi connectivity index (χ2v) is 2.90. The summed E-state index contributed by atoms with van der Waals surface area (Å²) in [5.41, 5.74) is 0. The summed E-state index contributed by atoms with van der Waals surface area (Å²) in [7, 11) is 0. The Balaban J connectivity index is 2.24. The molecule has 0 spiro atoms. The third-order valence-electron chi connectivity index (χ3n) is 1.88. The highest BCUT2D eigenvalue weighted by Crippen LogP contribution is 2.05. The van der Waals surface area contributed by atoms with Crippen LogP contribution in [0.15, 0.2) is 0 Å². The van der Waals surface area contributed by atoms with Gasteiger partial charge < -0.3 is 10.6 Å². The van der Waals surface area contributed by atoms with Crippen LogP contribution in [0.25, 0.3) is 0 Å². The number of hydrogen-bond acceptors (Lipinski definition) is 2. The van der Waals surface area contributed by atoms with Crippen LogP contribution >= 0.6 is 0 Å². The zero-order valence-electron chi connectivity index (χ0n) is 7.30. The maximum atomic E-state index is 11.3. The lowest BCUT2D eigenvalue weighted by atomic mass is 10.2. The van der Waals surface area contributed by atoms with E-state index in [9.17, 15) is 9.59 Å². The Morgan fingerprint density at radius 3 is 3.08 bits per heavy atom. The average Bonchev–Trinajstić information content (AvgIpc) is 2.52. The lowest BCUT2D eigenvalue weighted by Crippen LogP contribution is -2.41. The predicted octanol–water partition coefficient (Wildman–Crippen LogP) is -0.596. The predicted molar refractivity (Wildman–Crippen MR) is 47.6 cm³/mol. The van der Waals surface area contributed by atoms with Gasteiger partial charge in [0.15, 0.2) is 0 Å². The van der Waals surface area contributed by atoms with Crippen molar-refractivity contribution in [3.8, 4) is 12.3 Å². The van der Waals surface area contributed by atoms with Gasteiger partial charge in [0.1, 0.15) is 6.04 Å². The van der Waals surface area contributed by atoms with E-state index in [-0.39, 0.29) is 17.9 Å². The molecule has 0 saturated carbocycles. The van der Waals surface area contributed by atoms with Gasteiger partial charge in [-0.2, -0.15) is 0 Å². The topological polar surface area (TPSA) is 58.2 Å². The molecule has 4 nitrogen and oxygen atoms in total. The van der Waals surface area contributed by atoms with Crippen LogP contribution in [0.1, 0.15) is 19.3 Å². The largest absolute Gasteiger partial charge is 0.353 e. The van der Waals surface area contributed by atoms with Gasteiger partial charge in [0.05, 0.1) is 0 Å². The fourth-order valence-electron chi connectivity index (χ4n) is 1.19. The Morgan fingerprint density at radius 2 is 2.54 bits per heavy atom. The van der Waals surface area contributed by atoms with Crippen molar-refractivity contribution in [1.82, 2.24) is 10.6 Å². The first-order valence-corrected chi connectivity index (χ1v) is 4.24. The van der Waals surface area contributed by atoms with E-state index in [1.807, 2.05) is 0 Å². The van der Waals surface area contributed by atoms with Crippen LogP contribution in [-0.4, -0.2) is 24.4 Å². The first-order valence-electron chi connectivity index (χ1n) is 4.24. The fourth-order valence-corrected chi connectivity index (χ4v) is 1.19. The van der Waals surface area contributed by atoms with Crippen LogP contribution in [-0.2, 0) is 9.59 Å². The molecule has 2 amide bonds. The van der Waals surface area contributed by atoms with Crippen molar-refractivity contribution in [3.63, 3.8) is 0 Å². The quantitative estimate of drug-likeness (QED) is 0.450. The summed E-state index contributed by atoms with van der Waals surface area (Å²) in [6.07, 6.45) is 6.56. The zero-order chi connectivity index (χ0) is 9.68. The average molecular weight is 180 g/mol. The molecule has 0 aliphatic carbocycles. The van der Waals surface area contributed by atoms with Crippen molar-refractivity contribution in [3.05, 3.63) is 0 Å². The van der Waals surface area contributed by atoms with E-state index in [0.29, 0.717) is 25.8 Å². The number of hydrogen-bond donors (Lipinski definition) is 2. The minimum atomic E-state index is -0.356. The number of rotatable bonds is 3. The first kappa shape index (κ1) is 9.59. The Morgan fingerprint density at radius 1 is 1.77 bits per heavy atom. The summed E-state index contributed by atoms with van der Waals surface area (Å²) in [5, 5.41) is 5.23. The molecule has 1 aliphatic rings. The second kappa shape index (κ2) is 4.51. The van der Waals surface area contributed by atoms with Gasteiger partial charge in [-0.1, -0.05) is 0 Å². The van der Waals surface area contributed by atoms with E-state index < -0.39 is 0 Å². The highest BCUT2D eigenvalue weighted by molar-refractivity contribution is 5.90. The number of carbonyl (C=O) groups is 2. The summed E-state index contributed by atoms with van der Waals surface area (Å²) in [6.45, 7) is 0.474. The summed E-state index contributed by atoms with van der Waals surface area (Å²) in [5.74, 6) is 2.22. The van der Waals surface area contributed by atoms with Gasteiger partial charge in [0, 0.05) is 19.4 Å². The van der Waals surface area contributed by atoms with E-state index in [1.54, 1.807) is 0 Å². The van der Waals surface area contributed by atoms with Crippen molar-refractivity contribution in [2.75, 3.05) is 6.54 Å². The van der Waals surface area contributed by atoms with E-state index in [4.69, 9.17) is 6.42 Å². The minimum Gasteiger partial charge on any atom is -0.353 e. The van der Waals surface area contributed by atoms with Gasteiger partial charge in [-0.3, -0.25) is 9.59 Å². The Bertz CT molecular complexity index is 255. The molecule has 1 atom stereocenters. The van der Waals surface area contributed by atoms with Crippen molar-refractivity contribution < 1.29 is 9.59 Å². The molecule has 4 heteroatoms. The maximum Gasteiger partial charge on any atom is 0.242 e. The molecule has 0 radical (unpaired) electrons.